The van der Waals surface area contributed by atoms with Crippen LogP contribution in [0.3, 0.4) is 0 Å². The Bertz CT molecular complexity index is 1320. The molecule has 2 aromatic carbocycles. The number of hydrogen-bond acceptors (Lipinski definition) is 7. The summed E-state index contributed by atoms with van der Waals surface area (Å²) in [6, 6.07) is 15.8. The number of anilines is 1. The number of unbranched alkanes of at least 4 members (excludes halogenated alkanes) is 1. The second kappa shape index (κ2) is 12.3. The molecule has 39 heavy (non-hydrogen) atoms. The van der Waals surface area contributed by atoms with Crippen molar-refractivity contribution in [1.29, 1.82) is 0 Å². The van der Waals surface area contributed by atoms with Crippen LogP contribution in [0, 0.1) is 0 Å². The van der Waals surface area contributed by atoms with Crippen LogP contribution in [-0.4, -0.2) is 32.6 Å². The van der Waals surface area contributed by atoms with Gasteiger partial charge in [0.05, 0.1) is 11.7 Å². The van der Waals surface area contributed by atoms with Gasteiger partial charge in [-0.2, -0.15) is 4.98 Å². The minimum absolute atomic E-state index is 0.0926. The molecule has 0 saturated heterocycles. The van der Waals surface area contributed by atoms with Crippen molar-refractivity contribution in [1.82, 2.24) is 14.8 Å². The van der Waals surface area contributed by atoms with Crippen molar-refractivity contribution in [3.05, 3.63) is 76.5 Å². The fourth-order valence-electron chi connectivity index (χ4n) is 4.43. The Labute approximate surface area is 236 Å². The standard InChI is InChI=1S/C31H40N4O3S/c1-8-9-18-39-30-33-29-32-21(4)26(28(36)38-20(2)3)27(35(29)34-30)24-12-10-11-13-25(24)37-19-22-14-16-23(17-15-22)31(5,6)7/h10-17,20,27H,8-9,18-19H2,1-7H3,(H,32,33,34). The van der Waals surface area contributed by atoms with Gasteiger partial charge in [-0.05, 0) is 49.8 Å². The number of hydrogen-bond donors (Lipinski definition) is 1. The van der Waals surface area contributed by atoms with Gasteiger partial charge in [-0.3, -0.25) is 0 Å². The van der Waals surface area contributed by atoms with E-state index in [4.69, 9.17) is 19.6 Å². The maximum Gasteiger partial charge on any atom is 0.338 e. The summed E-state index contributed by atoms with van der Waals surface area (Å²) in [6.07, 6.45) is 1.94. The average molecular weight is 549 g/mol. The van der Waals surface area contributed by atoms with Crippen LogP contribution >= 0.6 is 11.8 Å². The van der Waals surface area contributed by atoms with Gasteiger partial charge in [0.15, 0.2) is 0 Å². The third-order valence-corrected chi connectivity index (χ3v) is 7.48. The lowest BCUT2D eigenvalue weighted by Crippen LogP contribution is -2.31. The molecule has 0 saturated carbocycles. The van der Waals surface area contributed by atoms with E-state index in [0.29, 0.717) is 34.7 Å². The zero-order chi connectivity index (χ0) is 28.2. The Hall–Kier alpha value is -3.26. The molecule has 4 rings (SSSR count). The van der Waals surface area contributed by atoms with Gasteiger partial charge in [0.25, 0.3) is 0 Å². The normalized spacial score (nSPS) is 15.2. The van der Waals surface area contributed by atoms with E-state index in [0.717, 1.165) is 29.7 Å². The maximum atomic E-state index is 13.4. The first-order valence-electron chi connectivity index (χ1n) is 13.7. The first-order chi connectivity index (χ1) is 18.6. The molecule has 2 heterocycles. The largest absolute Gasteiger partial charge is 0.489 e. The van der Waals surface area contributed by atoms with Gasteiger partial charge in [-0.15, -0.1) is 5.10 Å². The van der Waals surface area contributed by atoms with Crippen molar-refractivity contribution in [2.24, 2.45) is 0 Å². The summed E-state index contributed by atoms with van der Waals surface area (Å²) in [6.45, 7) is 14.8. The lowest BCUT2D eigenvalue weighted by Gasteiger charge is -2.29. The topological polar surface area (TPSA) is 78.3 Å². The molecule has 7 nitrogen and oxygen atoms in total. The average Bonchev–Trinajstić information content (AvgIpc) is 3.28. The molecule has 1 atom stereocenters. The first-order valence-corrected chi connectivity index (χ1v) is 14.7. The van der Waals surface area contributed by atoms with Gasteiger partial charge < -0.3 is 14.8 Å². The molecule has 1 N–H and O–H groups in total. The van der Waals surface area contributed by atoms with Crippen LogP contribution in [0.15, 0.2) is 65.0 Å². The number of esters is 1. The summed E-state index contributed by atoms with van der Waals surface area (Å²) in [5.74, 6) is 1.85. The SMILES string of the molecule is CCCCSc1nc2n(n1)C(c1ccccc1OCc1ccc(C(C)(C)C)cc1)C(C(=O)OC(C)C)=C(C)N2. The van der Waals surface area contributed by atoms with E-state index in [1.807, 2.05) is 45.0 Å². The van der Waals surface area contributed by atoms with Gasteiger partial charge in [0.1, 0.15) is 18.4 Å². The minimum Gasteiger partial charge on any atom is -0.489 e. The maximum absolute atomic E-state index is 13.4. The van der Waals surface area contributed by atoms with Crippen LogP contribution in [0.25, 0.3) is 0 Å². The highest BCUT2D eigenvalue weighted by atomic mass is 32.2. The molecule has 0 fully saturated rings. The number of rotatable bonds is 10. The molecular weight excluding hydrogens is 508 g/mol. The quantitative estimate of drug-likeness (QED) is 0.162. The van der Waals surface area contributed by atoms with E-state index in [1.54, 1.807) is 16.4 Å². The van der Waals surface area contributed by atoms with Crippen LogP contribution < -0.4 is 10.1 Å². The first kappa shape index (κ1) is 28.7. The molecule has 0 spiro atoms. The second-order valence-corrected chi connectivity index (χ2v) is 12.2. The summed E-state index contributed by atoms with van der Waals surface area (Å²) in [7, 11) is 0. The minimum atomic E-state index is -0.542. The number of para-hydroxylation sites is 1. The highest BCUT2D eigenvalue weighted by molar-refractivity contribution is 7.99. The number of carbonyl (C=O) groups is 1. The van der Waals surface area contributed by atoms with E-state index >= 15 is 0 Å². The van der Waals surface area contributed by atoms with Gasteiger partial charge in [0.2, 0.25) is 11.1 Å². The number of allylic oxidation sites excluding steroid dienone is 1. The Morgan fingerprint density at radius 1 is 1.13 bits per heavy atom. The van der Waals surface area contributed by atoms with E-state index in [-0.39, 0.29) is 17.5 Å². The van der Waals surface area contributed by atoms with E-state index < -0.39 is 6.04 Å². The summed E-state index contributed by atoms with van der Waals surface area (Å²) in [5, 5.41) is 8.79. The molecule has 3 aromatic rings. The molecule has 0 amide bonds. The molecule has 8 heteroatoms. The number of ether oxygens (including phenoxy) is 2. The molecule has 0 radical (unpaired) electrons. The third-order valence-electron chi connectivity index (χ3n) is 6.55. The highest BCUT2D eigenvalue weighted by Crippen LogP contribution is 2.40. The van der Waals surface area contributed by atoms with Crippen molar-refractivity contribution in [2.45, 2.75) is 90.6 Å². The van der Waals surface area contributed by atoms with E-state index in [1.165, 1.54) is 5.56 Å². The number of nitrogens with zero attached hydrogens (tertiary/aromatic N) is 3. The Morgan fingerprint density at radius 2 is 1.85 bits per heavy atom. The molecule has 1 aromatic heterocycles. The van der Waals surface area contributed by atoms with Crippen LogP contribution in [0.1, 0.15) is 84.0 Å². The number of nitrogens with one attached hydrogen (secondary N) is 1. The summed E-state index contributed by atoms with van der Waals surface area (Å²) < 4.78 is 13.9. The number of carbonyl (C=O) groups excluding carboxylic acids is 1. The van der Waals surface area contributed by atoms with Gasteiger partial charge >= 0.3 is 5.97 Å². The summed E-state index contributed by atoms with van der Waals surface area (Å²) in [4.78, 5) is 18.1. The molecule has 0 bridgehead atoms. The van der Waals surface area contributed by atoms with E-state index in [9.17, 15) is 4.79 Å². The van der Waals surface area contributed by atoms with Crippen LogP contribution in [0.5, 0.6) is 5.75 Å². The zero-order valence-corrected chi connectivity index (χ0v) is 24.9. The van der Waals surface area contributed by atoms with Crippen molar-refractivity contribution in [3.63, 3.8) is 0 Å². The smallest absolute Gasteiger partial charge is 0.338 e. The van der Waals surface area contributed by atoms with Gasteiger partial charge in [-0.25, -0.2) is 9.48 Å². The summed E-state index contributed by atoms with van der Waals surface area (Å²) >= 11 is 1.62. The molecule has 1 aliphatic heterocycles. The second-order valence-electron chi connectivity index (χ2n) is 11.2. The summed E-state index contributed by atoms with van der Waals surface area (Å²) in [5.41, 5.74) is 4.47. The van der Waals surface area contributed by atoms with Crippen molar-refractivity contribution >= 4 is 23.7 Å². The fraction of sp³-hybridized carbons (Fsp3) is 0.452. The lowest BCUT2D eigenvalue weighted by atomic mass is 9.87. The Kier molecular flexibility index (Phi) is 9.05. The highest BCUT2D eigenvalue weighted by Gasteiger charge is 2.37. The Morgan fingerprint density at radius 3 is 2.51 bits per heavy atom. The van der Waals surface area contributed by atoms with Crippen LogP contribution in [-0.2, 0) is 21.6 Å². The van der Waals surface area contributed by atoms with Crippen molar-refractivity contribution < 1.29 is 14.3 Å². The molecule has 208 valence electrons. The molecule has 0 aliphatic carbocycles. The van der Waals surface area contributed by atoms with E-state index in [2.05, 4.69) is 57.3 Å². The van der Waals surface area contributed by atoms with Crippen LogP contribution in [0.2, 0.25) is 0 Å². The number of benzene rings is 2. The number of fused-ring (bicyclic) bond motifs is 1. The Balaban J connectivity index is 1.69. The van der Waals surface area contributed by atoms with Crippen LogP contribution in [0.4, 0.5) is 5.95 Å². The van der Waals surface area contributed by atoms with Gasteiger partial charge in [-0.1, -0.05) is 88.3 Å². The lowest BCUT2D eigenvalue weighted by molar-refractivity contribution is -0.143. The fourth-order valence-corrected chi connectivity index (χ4v) is 5.34. The van der Waals surface area contributed by atoms with Crippen molar-refractivity contribution in [2.75, 3.05) is 11.1 Å². The molecule has 1 aliphatic rings. The van der Waals surface area contributed by atoms with Gasteiger partial charge in [0, 0.05) is 17.0 Å². The molecular formula is C31H40N4O3S. The number of aromatic nitrogens is 3. The molecule has 1 unspecified atom stereocenters. The van der Waals surface area contributed by atoms with Crippen molar-refractivity contribution in [3.8, 4) is 5.75 Å². The number of thioether (sulfide) groups is 1. The third kappa shape index (κ3) is 6.85. The zero-order valence-electron chi connectivity index (χ0n) is 24.1. The monoisotopic (exact) mass is 548 g/mol. The predicted octanol–water partition coefficient (Wildman–Crippen LogP) is 7.29. The predicted molar refractivity (Wildman–Crippen MR) is 157 cm³/mol.